The van der Waals surface area contributed by atoms with Gasteiger partial charge in [0, 0.05) is 47.8 Å². The lowest BCUT2D eigenvalue weighted by Crippen LogP contribution is -2.11. The number of fused-ring (bicyclic) bond motifs is 2. The van der Waals surface area contributed by atoms with E-state index in [1.165, 1.54) is 0 Å². The van der Waals surface area contributed by atoms with Gasteiger partial charge in [-0.2, -0.15) is 5.10 Å². The van der Waals surface area contributed by atoms with Gasteiger partial charge in [0.25, 0.3) is 0 Å². The van der Waals surface area contributed by atoms with Crippen molar-refractivity contribution in [1.29, 1.82) is 0 Å². The lowest BCUT2D eigenvalue weighted by Gasteiger charge is -2.07. The summed E-state index contributed by atoms with van der Waals surface area (Å²) in [5, 5.41) is 10.9. The van der Waals surface area contributed by atoms with E-state index < -0.39 is 5.82 Å². The summed E-state index contributed by atoms with van der Waals surface area (Å²) in [5.41, 5.74) is 6.25. The molecule has 0 aromatic carbocycles. The molecule has 0 fully saturated rings. The maximum Gasteiger partial charge on any atom is 0.161 e. The highest BCUT2D eigenvalue weighted by molar-refractivity contribution is 5.94. The Kier molecular flexibility index (Phi) is 5.31. The number of aromatic nitrogens is 6. The summed E-state index contributed by atoms with van der Waals surface area (Å²) in [4.78, 5) is 16.8. The van der Waals surface area contributed by atoms with Crippen LogP contribution in [-0.4, -0.2) is 36.7 Å². The molecule has 0 aliphatic heterocycles. The van der Waals surface area contributed by atoms with Gasteiger partial charge in [-0.05, 0) is 24.2 Å². The second-order valence-corrected chi connectivity index (χ2v) is 8.28. The Hall–Kier alpha value is -4.37. The third-order valence-electron chi connectivity index (χ3n) is 6.00. The number of furan rings is 1. The average Bonchev–Trinajstić information content (AvgIpc) is 3.62. The molecule has 5 aromatic heterocycles. The molecule has 3 N–H and O–H groups in total. The van der Waals surface area contributed by atoms with Crippen LogP contribution in [0.2, 0.25) is 0 Å². The van der Waals surface area contributed by atoms with Crippen molar-refractivity contribution in [2.45, 2.75) is 19.9 Å². The lowest BCUT2D eigenvalue weighted by atomic mass is 10.0. The fourth-order valence-corrected chi connectivity index (χ4v) is 4.30. The molecular formula is C26H22FN7O. The number of hydrogen-bond donors (Lipinski definition) is 3. The number of H-pyrrole nitrogens is 2. The van der Waals surface area contributed by atoms with Gasteiger partial charge < -0.3 is 14.7 Å². The van der Waals surface area contributed by atoms with E-state index in [9.17, 15) is 0 Å². The van der Waals surface area contributed by atoms with E-state index in [4.69, 9.17) is 9.40 Å². The molecule has 5 heterocycles. The summed E-state index contributed by atoms with van der Waals surface area (Å²) in [6.07, 6.45) is 15.0. The van der Waals surface area contributed by atoms with Gasteiger partial charge >= 0.3 is 0 Å². The van der Waals surface area contributed by atoms with Crippen LogP contribution in [0, 0.1) is 5.82 Å². The maximum atomic E-state index is 15.9. The normalized spacial score (nSPS) is 13.1. The number of aromatic amines is 2. The van der Waals surface area contributed by atoms with Gasteiger partial charge in [0.1, 0.15) is 11.4 Å². The SMILES string of the molecule is CCNCc1cncc(-c2ncc3[nH]nc(-c4nc5c([nH]4)CC=CC=C5c4ccoc4)c3c2F)c1. The van der Waals surface area contributed by atoms with Gasteiger partial charge in [-0.25, -0.2) is 9.37 Å². The Morgan fingerprint density at radius 2 is 2.09 bits per heavy atom. The highest BCUT2D eigenvalue weighted by Gasteiger charge is 2.23. The number of hydrogen-bond acceptors (Lipinski definition) is 6. The first-order valence-corrected chi connectivity index (χ1v) is 11.4. The summed E-state index contributed by atoms with van der Waals surface area (Å²) in [6.45, 7) is 3.52. The van der Waals surface area contributed by atoms with Crippen LogP contribution < -0.4 is 5.32 Å². The second kappa shape index (κ2) is 8.77. The zero-order valence-electron chi connectivity index (χ0n) is 19.0. The third-order valence-corrected chi connectivity index (χ3v) is 6.00. The largest absolute Gasteiger partial charge is 0.472 e. The molecule has 0 amide bonds. The average molecular weight is 468 g/mol. The van der Waals surface area contributed by atoms with Crippen molar-refractivity contribution in [3.8, 4) is 22.8 Å². The number of pyridine rings is 2. The summed E-state index contributed by atoms with van der Waals surface area (Å²) in [6, 6.07) is 3.79. The van der Waals surface area contributed by atoms with Crippen molar-refractivity contribution in [3.63, 3.8) is 0 Å². The molecular weight excluding hydrogens is 445 g/mol. The van der Waals surface area contributed by atoms with Gasteiger partial charge in [-0.15, -0.1) is 0 Å². The molecule has 0 saturated heterocycles. The third kappa shape index (κ3) is 3.75. The van der Waals surface area contributed by atoms with Crippen molar-refractivity contribution in [3.05, 3.63) is 89.8 Å². The van der Waals surface area contributed by atoms with Gasteiger partial charge in [0.2, 0.25) is 0 Å². The van der Waals surface area contributed by atoms with Gasteiger partial charge in [-0.1, -0.05) is 25.2 Å². The first-order valence-electron chi connectivity index (χ1n) is 11.4. The molecule has 174 valence electrons. The number of rotatable bonds is 6. The van der Waals surface area contributed by atoms with Crippen LogP contribution in [0.25, 0.3) is 39.3 Å². The van der Waals surface area contributed by atoms with Crippen LogP contribution in [0.15, 0.2) is 65.9 Å². The first-order chi connectivity index (χ1) is 17.2. The summed E-state index contributed by atoms with van der Waals surface area (Å²) >= 11 is 0. The van der Waals surface area contributed by atoms with Crippen molar-refractivity contribution < 1.29 is 8.81 Å². The van der Waals surface area contributed by atoms with Crippen LogP contribution >= 0.6 is 0 Å². The Bertz CT molecular complexity index is 1580. The number of nitrogens with one attached hydrogen (secondary N) is 3. The van der Waals surface area contributed by atoms with E-state index in [0.29, 0.717) is 41.0 Å². The van der Waals surface area contributed by atoms with E-state index in [2.05, 4.69) is 30.5 Å². The van der Waals surface area contributed by atoms with E-state index in [1.54, 1.807) is 31.1 Å². The number of nitrogens with zero attached hydrogens (tertiary/aromatic N) is 4. The Labute approximate surface area is 200 Å². The minimum Gasteiger partial charge on any atom is -0.472 e. The fourth-order valence-electron chi connectivity index (χ4n) is 4.30. The van der Waals surface area contributed by atoms with E-state index >= 15 is 4.39 Å². The van der Waals surface area contributed by atoms with Crippen LogP contribution in [0.4, 0.5) is 4.39 Å². The molecule has 1 aliphatic rings. The van der Waals surface area contributed by atoms with Crippen LogP contribution in [0.3, 0.4) is 0 Å². The van der Waals surface area contributed by atoms with E-state index in [1.807, 2.05) is 37.3 Å². The van der Waals surface area contributed by atoms with Crippen molar-refractivity contribution in [1.82, 2.24) is 35.5 Å². The minimum absolute atomic E-state index is 0.223. The highest BCUT2D eigenvalue weighted by atomic mass is 19.1. The molecule has 0 bridgehead atoms. The first kappa shape index (κ1) is 21.2. The predicted molar refractivity (Wildman–Crippen MR) is 131 cm³/mol. The molecule has 1 aliphatic carbocycles. The van der Waals surface area contributed by atoms with Crippen molar-refractivity contribution >= 4 is 16.5 Å². The molecule has 35 heavy (non-hydrogen) atoms. The summed E-state index contributed by atoms with van der Waals surface area (Å²) < 4.78 is 21.2. The van der Waals surface area contributed by atoms with Crippen molar-refractivity contribution in [2.24, 2.45) is 0 Å². The molecule has 0 saturated carbocycles. The minimum atomic E-state index is -0.467. The zero-order valence-corrected chi connectivity index (χ0v) is 19.0. The molecule has 9 heteroatoms. The Morgan fingerprint density at radius 3 is 2.94 bits per heavy atom. The van der Waals surface area contributed by atoms with E-state index in [-0.39, 0.29) is 5.69 Å². The summed E-state index contributed by atoms with van der Waals surface area (Å²) in [5.74, 6) is 0.0201. The molecule has 0 atom stereocenters. The van der Waals surface area contributed by atoms with E-state index in [0.717, 1.165) is 34.6 Å². The molecule has 6 rings (SSSR count). The molecule has 0 spiro atoms. The topological polar surface area (TPSA) is 108 Å². The number of halogens is 1. The monoisotopic (exact) mass is 467 g/mol. The van der Waals surface area contributed by atoms with Crippen LogP contribution in [0.5, 0.6) is 0 Å². The molecule has 0 unspecified atom stereocenters. The summed E-state index contributed by atoms with van der Waals surface area (Å²) in [7, 11) is 0. The molecule has 0 radical (unpaired) electrons. The van der Waals surface area contributed by atoms with Crippen LogP contribution in [-0.2, 0) is 13.0 Å². The quantitative estimate of drug-likeness (QED) is 0.331. The number of allylic oxidation sites excluding steroid dienone is 3. The zero-order chi connectivity index (χ0) is 23.8. The smallest absolute Gasteiger partial charge is 0.161 e. The number of imidazole rings is 1. The second-order valence-electron chi connectivity index (χ2n) is 8.28. The van der Waals surface area contributed by atoms with Crippen LogP contribution in [0.1, 0.15) is 29.4 Å². The maximum absolute atomic E-state index is 15.9. The lowest BCUT2D eigenvalue weighted by molar-refractivity contribution is 0.566. The van der Waals surface area contributed by atoms with Gasteiger partial charge in [0.15, 0.2) is 11.6 Å². The Balaban J connectivity index is 1.45. The van der Waals surface area contributed by atoms with Gasteiger partial charge in [0.05, 0.1) is 35.3 Å². The van der Waals surface area contributed by atoms with Gasteiger partial charge in [-0.3, -0.25) is 15.1 Å². The van der Waals surface area contributed by atoms with Crippen molar-refractivity contribution in [2.75, 3.05) is 6.54 Å². The fraction of sp³-hybridized carbons (Fsp3) is 0.154. The standard InChI is InChI=1S/C26H22FN7O/c1-2-28-10-15-9-17(12-29-11-15)23-22(27)21-20(13-30-23)33-34-25(21)26-31-19-6-4-3-5-18(24(19)32-26)16-7-8-35-14-16/h3-5,7-9,11-14,28H,2,6,10H2,1H3,(H,31,32)(H,33,34). The predicted octanol–water partition coefficient (Wildman–Crippen LogP) is 4.80. The Morgan fingerprint density at radius 1 is 1.14 bits per heavy atom. The highest BCUT2D eigenvalue weighted by Crippen LogP contribution is 2.34. The molecule has 5 aromatic rings. The molecule has 8 nitrogen and oxygen atoms in total.